The molecule has 0 saturated carbocycles. The molecule has 0 radical (unpaired) electrons. The van der Waals surface area contributed by atoms with Gasteiger partial charge in [0.15, 0.2) is 0 Å². The number of carbonyl (C=O) groups excluding carboxylic acids is 1. The van der Waals surface area contributed by atoms with Gasteiger partial charge in [0.05, 0.1) is 13.5 Å². The van der Waals surface area contributed by atoms with E-state index in [9.17, 15) is 4.79 Å². The van der Waals surface area contributed by atoms with Crippen LogP contribution in [-0.4, -0.2) is 32.1 Å². The minimum atomic E-state index is 0.0736. The van der Waals surface area contributed by atoms with Crippen molar-refractivity contribution in [2.45, 2.75) is 39.2 Å². The molecule has 3 rings (SSSR count). The van der Waals surface area contributed by atoms with Crippen molar-refractivity contribution in [1.82, 2.24) is 5.32 Å². The molecule has 1 N–H and O–H groups in total. The van der Waals surface area contributed by atoms with Crippen LogP contribution in [0.15, 0.2) is 42.5 Å². The van der Waals surface area contributed by atoms with Crippen LogP contribution in [0.4, 0.5) is 5.69 Å². The number of hydrogen-bond donors (Lipinski definition) is 1. The predicted molar refractivity (Wildman–Crippen MR) is 106 cm³/mol. The number of nitrogens with one attached hydrogen (secondary N) is 1. The fraction of sp³-hybridized carbons (Fsp3) is 0.409. The number of anilines is 1. The third-order valence-corrected chi connectivity index (χ3v) is 5.07. The van der Waals surface area contributed by atoms with Gasteiger partial charge in [-0.05, 0) is 55.5 Å². The first-order chi connectivity index (χ1) is 12.6. The Morgan fingerprint density at radius 2 is 2.08 bits per heavy atom. The van der Waals surface area contributed by atoms with Gasteiger partial charge in [0, 0.05) is 24.8 Å². The topological polar surface area (TPSA) is 41.6 Å². The Labute approximate surface area is 156 Å². The van der Waals surface area contributed by atoms with Crippen LogP contribution < -0.4 is 15.0 Å². The maximum atomic E-state index is 12.2. The van der Waals surface area contributed by atoms with E-state index in [0.29, 0.717) is 19.0 Å². The van der Waals surface area contributed by atoms with Crippen LogP contribution in [0.1, 0.15) is 30.0 Å². The van der Waals surface area contributed by atoms with Crippen molar-refractivity contribution in [3.8, 4) is 5.75 Å². The zero-order chi connectivity index (χ0) is 18.5. The van der Waals surface area contributed by atoms with Gasteiger partial charge in [-0.1, -0.05) is 30.3 Å². The fourth-order valence-corrected chi connectivity index (χ4v) is 3.75. The Kier molecular flexibility index (Phi) is 5.82. The highest BCUT2D eigenvalue weighted by atomic mass is 16.5. The first-order valence-corrected chi connectivity index (χ1v) is 9.33. The number of amides is 1. The molecule has 0 unspecified atom stereocenters. The highest BCUT2D eigenvalue weighted by Gasteiger charge is 2.24. The van der Waals surface area contributed by atoms with Gasteiger partial charge in [-0.3, -0.25) is 4.79 Å². The summed E-state index contributed by atoms with van der Waals surface area (Å²) >= 11 is 0. The Bertz CT molecular complexity index is 772. The lowest BCUT2D eigenvalue weighted by Gasteiger charge is -2.24. The third kappa shape index (κ3) is 4.18. The molecule has 1 heterocycles. The zero-order valence-corrected chi connectivity index (χ0v) is 15.9. The van der Waals surface area contributed by atoms with Crippen molar-refractivity contribution in [2.24, 2.45) is 0 Å². The number of benzene rings is 2. The maximum absolute atomic E-state index is 12.2. The summed E-state index contributed by atoms with van der Waals surface area (Å²) in [6.07, 6.45) is 2.47. The number of methoxy groups -OCH3 is 1. The Balaban J connectivity index is 1.44. The summed E-state index contributed by atoms with van der Waals surface area (Å²) in [7, 11) is 1.66. The number of fused-ring (bicyclic) bond motifs is 1. The largest absolute Gasteiger partial charge is 0.496 e. The summed E-state index contributed by atoms with van der Waals surface area (Å²) in [6.45, 7) is 5.94. The summed E-state index contributed by atoms with van der Waals surface area (Å²) < 4.78 is 5.26. The zero-order valence-electron chi connectivity index (χ0n) is 15.9. The number of ether oxygens (including phenoxy) is 1. The van der Waals surface area contributed by atoms with Crippen molar-refractivity contribution in [1.29, 1.82) is 0 Å². The van der Waals surface area contributed by atoms with Gasteiger partial charge < -0.3 is 15.0 Å². The average molecular weight is 352 g/mol. The fourth-order valence-electron chi connectivity index (χ4n) is 3.75. The molecule has 0 aromatic heterocycles. The number of carbonyl (C=O) groups is 1. The molecular weight excluding hydrogens is 324 g/mol. The molecule has 0 saturated heterocycles. The van der Waals surface area contributed by atoms with Crippen molar-refractivity contribution in [3.05, 3.63) is 59.2 Å². The van der Waals surface area contributed by atoms with E-state index in [1.807, 2.05) is 25.1 Å². The van der Waals surface area contributed by atoms with Crippen LogP contribution in [0, 0.1) is 6.92 Å². The summed E-state index contributed by atoms with van der Waals surface area (Å²) in [5.41, 5.74) is 4.85. The standard InChI is InChI=1S/C22H28N2O2/c1-16-13-18(9-10-21(16)26-3)15-22(25)23-11-6-12-24-17(2)14-19-7-4-5-8-20(19)24/h4-5,7-10,13,17H,6,11-12,14-15H2,1-3H3,(H,23,25)/t17-/m1/s1. The van der Waals surface area contributed by atoms with E-state index in [4.69, 9.17) is 4.74 Å². The van der Waals surface area contributed by atoms with Gasteiger partial charge in [-0.25, -0.2) is 0 Å². The lowest BCUT2D eigenvalue weighted by molar-refractivity contribution is -0.120. The summed E-state index contributed by atoms with van der Waals surface area (Å²) in [6, 6.07) is 15.0. The van der Waals surface area contributed by atoms with E-state index in [-0.39, 0.29) is 5.91 Å². The number of aryl methyl sites for hydroxylation is 1. The van der Waals surface area contributed by atoms with Gasteiger partial charge in [-0.15, -0.1) is 0 Å². The lowest BCUT2D eigenvalue weighted by Crippen LogP contribution is -2.33. The second-order valence-corrected chi connectivity index (χ2v) is 7.06. The SMILES string of the molecule is COc1ccc(CC(=O)NCCCN2c3ccccc3C[C@H]2C)cc1C. The molecule has 1 amide bonds. The summed E-state index contributed by atoms with van der Waals surface area (Å²) in [5, 5.41) is 3.05. The number of hydrogen-bond acceptors (Lipinski definition) is 3. The van der Waals surface area contributed by atoms with Crippen molar-refractivity contribution < 1.29 is 9.53 Å². The van der Waals surface area contributed by atoms with Gasteiger partial charge in [0.25, 0.3) is 0 Å². The minimum Gasteiger partial charge on any atom is -0.496 e. The molecule has 1 aliphatic heterocycles. The molecule has 0 fully saturated rings. The molecule has 1 aliphatic rings. The number of rotatable bonds is 7. The molecule has 138 valence electrons. The average Bonchev–Trinajstić information content (AvgIpc) is 2.94. The van der Waals surface area contributed by atoms with Crippen LogP contribution in [-0.2, 0) is 17.6 Å². The molecule has 1 atom stereocenters. The van der Waals surface area contributed by atoms with Crippen LogP contribution in [0.25, 0.3) is 0 Å². The second-order valence-electron chi connectivity index (χ2n) is 7.06. The number of nitrogens with zero attached hydrogens (tertiary/aromatic N) is 1. The van der Waals surface area contributed by atoms with E-state index in [2.05, 4.69) is 41.4 Å². The molecule has 26 heavy (non-hydrogen) atoms. The molecule has 0 aliphatic carbocycles. The Morgan fingerprint density at radius 3 is 2.85 bits per heavy atom. The second kappa shape index (κ2) is 8.26. The smallest absolute Gasteiger partial charge is 0.224 e. The van der Waals surface area contributed by atoms with Crippen LogP contribution in [0.3, 0.4) is 0 Å². The van der Waals surface area contributed by atoms with E-state index >= 15 is 0 Å². The van der Waals surface area contributed by atoms with Gasteiger partial charge in [-0.2, -0.15) is 0 Å². The molecule has 2 aromatic rings. The normalized spacial score (nSPS) is 15.7. The van der Waals surface area contributed by atoms with Crippen molar-refractivity contribution in [2.75, 3.05) is 25.1 Å². The Morgan fingerprint density at radius 1 is 1.27 bits per heavy atom. The molecule has 4 nitrogen and oxygen atoms in total. The molecule has 0 spiro atoms. The Hall–Kier alpha value is -2.49. The van der Waals surface area contributed by atoms with Gasteiger partial charge >= 0.3 is 0 Å². The van der Waals surface area contributed by atoms with Gasteiger partial charge in [0.2, 0.25) is 5.91 Å². The van der Waals surface area contributed by atoms with Crippen LogP contribution >= 0.6 is 0 Å². The van der Waals surface area contributed by atoms with Crippen LogP contribution in [0.5, 0.6) is 5.75 Å². The number of para-hydroxylation sites is 1. The molecule has 4 heteroatoms. The van der Waals surface area contributed by atoms with E-state index in [1.54, 1.807) is 7.11 Å². The van der Waals surface area contributed by atoms with Crippen molar-refractivity contribution >= 4 is 11.6 Å². The third-order valence-electron chi connectivity index (χ3n) is 5.07. The quantitative estimate of drug-likeness (QED) is 0.776. The first-order valence-electron chi connectivity index (χ1n) is 9.33. The molecular formula is C22H28N2O2. The highest BCUT2D eigenvalue weighted by molar-refractivity contribution is 5.78. The van der Waals surface area contributed by atoms with E-state index in [1.165, 1.54) is 11.3 Å². The predicted octanol–water partition coefficient (Wildman–Crippen LogP) is 3.50. The monoisotopic (exact) mass is 352 g/mol. The van der Waals surface area contributed by atoms with E-state index in [0.717, 1.165) is 36.3 Å². The lowest BCUT2D eigenvalue weighted by atomic mass is 10.1. The minimum absolute atomic E-state index is 0.0736. The van der Waals surface area contributed by atoms with Crippen molar-refractivity contribution in [3.63, 3.8) is 0 Å². The molecule has 2 aromatic carbocycles. The molecule has 0 bridgehead atoms. The van der Waals surface area contributed by atoms with E-state index < -0.39 is 0 Å². The maximum Gasteiger partial charge on any atom is 0.224 e. The van der Waals surface area contributed by atoms with Crippen LogP contribution in [0.2, 0.25) is 0 Å². The summed E-state index contributed by atoms with van der Waals surface area (Å²) in [5.74, 6) is 0.929. The highest BCUT2D eigenvalue weighted by Crippen LogP contribution is 2.31. The summed E-state index contributed by atoms with van der Waals surface area (Å²) in [4.78, 5) is 14.6. The van der Waals surface area contributed by atoms with Gasteiger partial charge in [0.1, 0.15) is 5.75 Å². The first kappa shape index (κ1) is 18.3.